The van der Waals surface area contributed by atoms with Gasteiger partial charge in [-0.15, -0.1) is 0 Å². The van der Waals surface area contributed by atoms with Crippen molar-refractivity contribution >= 4 is 23.4 Å². The molecule has 6 nitrogen and oxygen atoms in total. The molecule has 0 radical (unpaired) electrons. The van der Waals surface area contributed by atoms with E-state index in [4.69, 9.17) is 21.1 Å². The summed E-state index contributed by atoms with van der Waals surface area (Å²) in [5.41, 5.74) is 1.83. The van der Waals surface area contributed by atoms with Crippen LogP contribution in [-0.2, 0) is 22.7 Å². The summed E-state index contributed by atoms with van der Waals surface area (Å²) in [6.45, 7) is 4.60. The smallest absolute Gasteiger partial charge is 0.242 e. The molecule has 3 rings (SSSR count). The lowest BCUT2D eigenvalue weighted by Gasteiger charge is -2.29. The second-order valence-corrected chi connectivity index (χ2v) is 7.42. The third-order valence-electron chi connectivity index (χ3n) is 4.80. The highest BCUT2D eigenvalue weighted by atomic mass is 35.5. The maximum absolute atomic E-state index is 12.8. The number of amides is 2. The molecule has 1 aliphatic heterocycles. The Kier molecular flexibility index (Phi) is 6.99. The second-order valence-electron chi connectivity index (χ2n) is 6.98. The first-order valence-corrected chi connectivity index (χ1v) is 10.1. The Morgan fingerprint density at radius 1 is 1.10 bits per heavy atom. The van der Waals surface area contributed by atoms with Gasteiger partial charge in [0.1, 0.15) is 6.04 Å². The minimum absolute atomic E-state index is 0.0480. The van der Waals surface area contributed by atoms with Crippen molar-refractivity contribution in [3.8, 4) is 11.5 Å². The summed E-state index contributed by atoms with van der Waals surface area (Å²) in [4.78, 5) is 27.0. The van der Waals surface area contributed by atoms with Crippen molar-refractivity contribution in [1.82, 2.24) is 10.2 Å². The van der Waals surface area contributed by atoms with E-state index >= 15 is 0 Å². The van der Waals surface area contributed by atoms with Crippen molar-refractivity contribution in [1.29, 1.82) is 0 Å². The molecule has 2 aromatic rings. The van der Waals surface area contributed by atoms with Crippen molar-refractivity contribution < 1.29 is 19.1 Å². The summed E-state index contributed by atoms with van der Waals surface area (Å²) in [7, 11) is 0. The molecule has 2 aromatic carbocycles. The molecule has 29 heavy (non-hydrogen) atoms. The van der Waals surface area contributed by atoms with Crippen molar-refractivity contribution in [2.75, 3.05) is 6.79 Å². The number of ether oxygens (including phenoxy) is 2. The number of carbonyl (C=O) groups is 2. The molecule has 0 fully saturated rings. The predicted molar refractivity (Wildman–Crippen MR) is 111 cm³/mol. The van der Waals surface area contributed by atoms with Crippen LogP contribution in [0.1, 0.15) is 37.8 Å². The van der Waals surface area contributed by atoms with Crippen molar-refractivity contribution in [2.24, 2.45) is 0 Å². The van der Waals surface area contributed by atoms with Crippen molar-refractivity contribution in [3.63, 3.8) is 0 Å². The van der Waals surface area contributed by atoms with Gasteiger partial charge in [0.25, 0.3) is 0 Å². The van der Waals surface area contributed by atoms with Gasteiger partial charge in [0, 0.05) is 24.5 Å². The molecule has 1 atom stereocenters. The normalized spacial score (nSPS) is 13.1. The van der Waals surface area contributed by atoms with Gasteiger partial charge in [-0.25, -0.2) is 0 Å². The molecule has 0 saturated carbocycles. The molecule has 1 N–H and O–H groups in total. The molecule has 0 spiro atoms. The Morgan fingerprint density at radius 2 is 1.79 bits per heavy atom. The molecular formula is C22H25ClN2O4. The zero-order valence-electron chi connectivity index (χ0n) is 16.6. The molecule has 7 heteroatoms. The van der Waals surface area contributed by atoms with Crippen LogP contribution in [0.2, 0.25) is 5.02 Å². The minimum atomic E-state index is -0.598. The summed E-state index contributed by atoms with van der Waals surface area (Å²) in [6.07, 6.45) is 1.12. The van der Waals surface area contributed by atoms with E-state index in [0.717, 1.165) is 17.5 Å². The van der Waals surface area contributed by atoms with E-state index in [1.807, 2.05) is 37.3 Å². The van der Waals surface area contributed by atoms with Gasteiger partial charge < -0.3 is 19.7 Å². The van der Waals surface area contributed by atoms with E-state index < -0.39 is 6.04 Å². The third-order valence-corrected chi connectivity index (χ3v) is 5.05. The van der Waals surface area contributed by atoms with Gasteiger partial charge in [0.05, 0.1) is 0 Å². The number of nitrogens with one attached hydrogen (secondary N) is 1. The summed E-state index contributed by atoms with van der Waals surface area (Å²) in [5.74, 6) is 1.12. The first kappa shape index (κ1) is 21.0. The summed E-state index contributed by atoms with van der Waals surface area (Å²) >= 11 is 5.95. The molecule has 154 valence electrons. The molecule has 1 unspecified atom stereocenters. The molecule has 1 heterocycles. The standard InChI is InChI=1S/C22H25ClN2O4/c1-3-4-21(26)25(13-16-5-8-18(23)9-6-16)15(2)22(27)24-12-17-7-10-19-20(11-17)29-14-28-19/h5-11,15H,3-4,12-14H2,1-2H3,(H,24,27). The van der Waals surface area contributed by atoms with Crippen LogP contribution in [-0.4, -0.2) is 29.5 Å². The second kappa shape index (κ2) is 9.65. The van der Waals surface area contributed by atoms with E-state index in [1.165, 1.54) is 0 Å². The van der Waals surface area contributed by atoms with Crippen LogP contribution in [0.3, 0.4) is 0 Å². The van der Waals surface area contributed by atoms with Crippen LogP contribution in [0.5, 0.6) is 11.5 Å². The average Bonchev–Trinajstić information content (AvgIpc) is 3.19. The highest BCUT2D eigenvalue weighted by molar-refractivity contribution is 6.30. The topological polar surface area (TPSA) is 67.9 Å². The maximum Gasteiger partial charge on any atom is 0.242 e. The molecule has 2 amide bonds. The number of hydrogen-bond acceptors (Lipinski definition) is 4. The molecule has 0 aliphatic carbocycles. The first-order valence-electron chi connectivity index (χ1n) is 9.68. The number of benzene rings is 2. The van der Waals surface area contributed by atoms with Gasteiger partial charge in [-0.1, -0.05) is 36.7 Å². The van der Waals surface area contributed by atoms with Crippen LogP contribution in [0.4, 0.5) is 0 Å². The van der Waals surface area contributed by atoms with Crippen LogP contribution in [0.15, 0.2) is 42.5 Å². The quantitative estimate of drug-likeness (QED) is 0.708. The summed E-state index contributed by atoms with van der Waals surface area (Å²) in [5, 5.41) is 3.55. The summed E-state index contributed by atoms with van der Waals surface area (Å²) in [6, 6.07) is 12.3. The van der Waals surface area contributed by atoms with Gasteiger partial charge in [-0.2, -0.15) is 0 Å². The Balaban J connectivity index is 1.65. The van der Waals surface area contributed by atoms with Gasteiger partial charge in [-0.3, -0.25) is 9.59 Å². The highest BCUT2D eigenvalue weighted by Gasteiger charge is 2.25. The zero-order valence-corrected chi connectivity index (χ0v) is 17.4. The SMILES string of the molecule is CCCC(=O)N(Cc1ccc(Cl)cc1)C(C)C(=O)NCc1ccc2c(c1)OCO2. The zero-order chi connectivity index (χ0) is 20.8. The summed E-state index contributed by atoms with van der Waals surface area (Å²) < 4.78 is 10.7. The van der Waals surface area contributed by atoms with Crippen molar-refractivity contribution in [2.45, 2.75) is 45.8 Å². The lowest BCUT2D eigenvalue weighted by atomic mass is 10.1. The average molecular weight is 417 g/mol. The van der Waals surface area contributed by atoms with E-state index in [0.29, 0.717) is 36.0 Å². The highest BCUT2D eigenvalue weighted by Crippen LogP contribution is 2.32. The minimum Gasteiger partial charge on any atom is -0.454 e. The van der Waals surface area contributed by atoms with Crippen LogP contribution in [0, 0.1) is 0 Å². The Hall–Kier alpha value is -2.73. The fraction of sp³-hybridized carbons (Fsp3) is 0.364. The van der Waals surface area contributed by atoms with Crippen LogP contribution in [0.25, 0.3) is 0 Å². The number of halogens is 1. The number of hydrogen-bond donors (Lipinski definition) is 1. The molecule has 0 bridgehead atoms. The lowest BCUT2D eigenvalue weighted by Crippen LogP contribution is -2.47. The lowest BCUT2D eigenvalue weighted by molar-refractivity contribution is -0.140. The number of rotatable bonds is 8. The maximum atomic E-state index is 12.8. The van der Waals surface area contributed by atoms with E-state index in [9.17, 15) is 9.59 Å². The van der Waals surface area contributed by atoms with E-state index in [-0.39, 0.29) is 18.6 Å². The van der Waals surface area contributed by atoms with Gasteiger partial charge in [0.15, 0.2) is 11.5 Å². The Bertz CT molecular complexity index is 870. The number of carbonyl (C=O) groups excluding carboxylic acids is 2. The molecular weight excluding hydrogens is 392 g/mol. The van der Waals surface area contributed by atoms with Crippen LogP contribution >= 0.6 is 11.6 Å². The van der Waals surface area contributed by atoms with E-state index in [1.54, 1.807) is 24.0 Å². The van der Waals surface area contributed by atoms with Gasteiger partial charge in [-0.05, 0) is 48.7 Å². The van der Waals surface area contributed by atoms with Gasteiger partial charge >= 0.3 is 0 Å². The van der Waals surface area contributed by atoms with E-state index in [2.05, 4.69) is 5.32 Å². The number of fused-ring (bicyclic) bond motifs is 1. The number of nitrogens with zero attached hydrogens (tertiary/aromatic N) is 1. The van der Waals surface area contributed by atoms with Gasteiger partial charge in [0.2, 0.25) is 18.6 Å². The first-order chi connectivity index (χ1) is 14.0. The molecule has 0 aromatic heterocycles. The largest absolute Gasteiger partial charge is 0.454 e. The van der Waals surface area contributed by atoms with Crippen LogP contribution < -0.4 is 14.8 Å². The third kappa shape index (κ3) is 5.41. The fourth-order valence-electron chi connectivity index (χ4n) is 3.11. The Morgan fingerprint density at radius 3 is 2.52 bits per heavy atom. The molecule has 0 saturated heterocycles. The fourth-order valence-corrected chi connectivity index (χ4v) is 3.24. The monoisotopic (exact) mass is 416 g/mol. The Labute approximate surface area is 175 Å². The van der Waals surface area contributed by atoms with Crippen molar-refractivity contribution in [3.05, 3.63) is 58.6 Å². The molecule has 1 aliphatic rings. The predicted octanol–water partition coefficient (Wildman–Crippen LogP) is 3.90.